The van der Waals surface area contributed by atoms with Crippen LogP contribution in [-0.4, -0.2) is 71.2 Å². The summed E-state index contributed by atoms with van der Waals surface area (Å²) in [7, 11) is 1.49. The molecule has 1 N–H and O–H groups in total. The van der Waals surface area contributed by atoms with Crippen LogP contribution in [0.4, 0.5) is 18.9 Å². The highest BCUT2D eigenvalue weighted by atomic mass is 19.4. The maximum absolute atomic E-state index is 14.8. The van der Waals surface area contributed by atoms with E-state index in [1.165, 1.54) is 31.5 Å². The van der Waals surface area contributed by atoms with E-state index in [1.807, 2.05) is 0 Å². The third-order valence-corrected chi connectivity index (χ3v) is 8.13. The van der Waals surface area contributed by atoms with Crippen molar-refractivity contribution in [1.29, 1.82) is 0 Å². The molecular formula is C34H35F3N4O5. The first-order valence-corrected chi connectivity index (χ1v) is 15.0. The maximum atomic E-state index is 14.8. The zero-order valence-corrected chi connectivity index (χ0v) is 25.6. The van der Waals surface area contributed by atoms with Crippen molar-refractivity contribution in [3.8, 4) is 11.5 Å². The predicted octanol–water partition coefficient (Wildman–Crippen LogP) is 6.04. The number of pyridine rings is 1. The molecule has 0 amide bonds. The summed E-state index contributed by atoms with van der Waals surface area (Å²) in [6.07, 6.45) is -1.39. The van der Waals surface area contributed by atoms with Gasteiger partial charge in [-0.05, 0) is 55.7 Å². The fraction of sp³-hybridized carbons (Fsp3) is 0.382. The third kappa shape index (κ3) is 7.11. The molecule has 0 spiro atoms. The standard InChI is InChI=1S/C34H35F3N4O5/c1-4-45-32(42)18-23-8-11-30(31(17-23)44-3)46-26-12-15-40(16-13-26)22-33(43,34(35,36)37)28-21-41(20-25-7-5-6-14-39-25)29-19-24(38-2)9-10-27(28)29/h5-11,14,17,19,21,26,43H,4,12-13,15-16,18,20,22H2,1,3H3. The molecule has 12 heteroatoms. The summed E-state index contributed by atoms with van der Waals surface area (Å²) in [4.78, 5) is 21.2. The van der Waals surface area contributed by atoms with Gasteiger partial charge >= 0.3 is 12.1 Å². The Hall–Kier alpha value is -4.60. The number of benzene rings is 2. The number of hydrogen-bond acceptors (Lipinski definition) is 7. The van der Waals surface area contributed by atoms with Crippen LogP contribution in [0.5, 0.6) is 11.5 Å². The first-order valence-electron chi connectivity index (χ1n) is 15.0. The minimum atomic E-state index is -4.98. The lowest BCUT2D eigenvalue weighted by Gasteiger charge is -2.39. The molecule has 1 unspecified atom stereocenters. The van der Waals surface area contributed by atoms with Crippen LogP contribution in [0.25, 0.3) is 15.7 Å². The number of fused-ring (bicyclic) bond motifs is 1. The molecule has 3 heterocycles. The first kappa shape index (κ1) is 32.8. The number of esters is 1. The monoisotopic (exact) mass is 636 g/mol. The van der Waals surface area contributed by atoms with E-state index in [4.69, 9.17) is 20.8 Å². The number of rotatable bonds is 11. The third-order valence-electron chi connectivity index (χ3n) is 8.13. The molecule has 0 radical (unpaired) electrons. The van der Waals surface area contributed by atoms with Crippen molar-refractivity contribution in [2.75, 3.05) is 33.4 Å². The first-order chi connectivity index (χ1) is 22.0. The van der Waals surface area contributed by atoms with Crippen molar-refractivity contribution < 1.29 is 37.3 Å². The van der Waals surface area contributed by atoms with E-state index in [-0.39, 0.29) is 61.4 Å². The largest absolute Gasteiger partial charge is 0.493 e. The van der Waals surface area contributed by atoms with Gasteiger partial charge in [0.25, 0.3) is 0 Å². The second-order valence-corrected chi connectivity index (χ2v) is 11.2. The van der Waals surface area contributed by atoms with Crippen LogP contribution >= 0.6 is 0 Å². The summed E-state index contributed by atoms with van der Waals surface area (Å²) < 4.78 is 62.8. The fourth-order valence-electron chi connectivity index (χ4n) is 5.79. The summed E-state index contributed by atoms with van der Waals surface area (Å²) >= 11 is 0. The molecule has 2 aromatic heterocycles. The Morgan fingerprint density at radius 3 is 2.54 bits per heavy atom. The van der Waals surface area contributed by atoms with E-state index in [0.717, 1.165) is 0 Å². The topological polar surface area (TPSA) is 90.4 Å². The number of likely N-dealkylation sites (tertiary alicyclic amines) is 1. The van der Waals surface area contributed by atoms with Crippen molar-refractivity contribution in [1.82, 2.24) is 14.5 Å². The van der Waals surface area contributed by atoms with Gasteiger partial charge in [0.05, 0.1) is 38.9 Å². The molecule has 2 aromatic carbocycles. The number of methoxy groups -OCH3 is 1. The van der Waals surface area contributed by atoms with Gasteiger partial charge in [-0.3, -0.25) is 14.7 Å². The van der Waals surface area contributed by atoms with Crippen LogP contribution < -0.4 is 9.47 Å². The van der Waals surface area contributed by atoms with Gasteiger partial charge in [0.1, 0.15) is 6.10 Å². The molecule has 0 bridgehead atoms. The molecule has 5 rings (SSSR count). The predicted molar refractivity (Wildman–Crippen MR) is 165 cm³/mol. The number of alkyl halides is 3. The summed E-state index contributed by atoms with van der Waals surface area (Å²) in [6.45, 7) is 9.46. The van der Waals surface area contributed by atoms with Gasteiger partial charge in [0.15, 0.2) is 17.2 Å². The quantitative estimate of drug-likeness (QED) is 0.159. The molecule has 1 atom stereocenters. The lowest BCUT2D eigenvalue weighted by Crippen LogP contribution is -2.53. The SMILES string of the molecule is [C-]#[N+]c1ccc2c(C(O)(CN3CCC(Oc4ccc(CC(=O)OCC)cc4OC)CC3)C(F)(F)F)cn(Cc3ccccn3)c2c1. The van der Waals surface area contributed by atoms with Crippen LogP contribution in [0.3, 0.4) is 0 Å². The van der Waals surface area contributed by atoms with Gasteiger partial charge in [0.2, 0.25) is 5.60 Å². The summed E-state index contributed by atoms with van der Waals surface area (Å²) in [5.74, 6) is 0.564. The number of ether oxygens (including phenoxy) is 3. The molecule has 1 aliphatic rings. The molecule has 1 aliphatic heterocycles. The van der Waals surface area contributed by atoms with Crippen LogP contribution in [0.1, 0.15) is 36.6 Å². The molecular weight excluding hydrogens is 601 g/mol. The lowest BCUT2D eigenvalue weighted by molar-refractivity contribution is -0.272. The molecule has 1 saturated heterocycles. The zero-order chi connectivity index (χ0) is 32.9. The Balaban J connectivity index is 1.33. The summed E-state index contributed by atoms with van der Waals surface area (Å²) in [5.41, 5.74) is -1.43. The molecule has 9 nitrogen and oxygen atoms in total. The zero-order valence-electron chi connectivity index (χ0n) is 25.6. The van der Waals surface area contributed by atoms with E-state index < -0.39 is 18.3 Å². The molecule has 46 heavy (non-hydrogen) atoms. The number of halogens is 3. The van der Waals surface area contributed by atoms with Gasteiger partial charge in [-0.25, -0.2) is 4.85 Å². The van der Waals surface area contributed by atoms with E-state index in [0.29, 0.717) is 41.1 Å². The highest BCUT2D eigenvalue weighted by Crippen LogP contribution is 2.44. The molecule has 0 aliphatic carbocycles. The van der Waals surface area contributed by atoms with Crippen molar-refractivity contribution in [3.05, 3.63) is 95.2 Å². The highest BCUT2D eigenvalue weighted by Gasteiger charge is 2.57. The number of carbonyl (C=O) groups is 1. The average Bonchev–Trinajstić information content (AvgIpc) is 3.40. The average molecular weight is 637 g/mol. The summed E-state index contributed by atoms with van der Waals surface area (Å²) in [6, 6.07) is 14.9. The van der Waals surface area contributed by atoms with E-state index >= 15 is 0 Å². The van der Waals surface area contributed by atoms with Crippen molar-refractivity contribution in [2.45, 2.75) is 50.6 Å². The second kappa shape index (κ2) is 13.8. The van der Waals surface area contributed by atoms with Crippen LogP contribution in [0.15, 0.2) is 67.0 Å². The normalized spacial score (nSPS) is 15.7. The highest BCUT2D eigenvalue weighted by molar-refractivity contribution is 5.88. The number of nitrogens with zero attached hydrogens (tertiary/aromatic N) is 4. The molecule has 4 aromatic rings. The van der Waals surface area contributed by atoms with E-state index in [2.05, 4.69) is 9.83 Å². The van der Waals surface area contributed by atoms with Gasteiger partial charge < -0.3 is 23.9 Å². The van der Waals surface area contributed by atoms with Gasteiger partial charge in [-0.1, -0.05) is 24.3 Å². The minimum Gasteiger partial charge on any atom is -0.493 e. The second-order valence-electron chi connectivity index (χ2n) is 11.2. The molecule has 242 valence electrons. The molecule has 1 fully saturated rings. The Labute approximate surface area is 264 Å². The Morgan fingerprint density at radius 2 is 1.89 bits per heavy atom. The Kier molecular flexibility index (Phi) is 9.84. The van der Waals surface area contributed by atoms with Gasteiger partial charge in [0, 0.05) is 48.5 Å². The van der Waals surface area contributed by atoms with Gasteiger partial charge in [-0.15, -0.1) is 0 Å². The van der Waals surface area contributed by atoms with Crippen molar-refractivity contribution in [3.63, 3.8) is 0 Å². The molecule has 0 saturated carbocycles. The smallest absolute Gasteiger partial charge is 0.422 e. The fourth-order valence-corrected chi connectivity index (χ4v) is 5.79. The van der Waals surface area contributed by atoms with Crippen molar-refractivity contribution >= 4 is 22.6 Å². The lowest BCUT2D eigenvalue weighted by atomic mass is 9.91. The number of aliphatic hydroxyl groups is 1. The van der Waals surface area contributed by atoms with Crippen LogP contribution in [-0.2, 0) is 28.1 Å². The van der Waals surface area contributed by atoms with E-state index in [9.17, 15) is 23.1 Å². The summed E-state index contributed by atoms with van der Waals surface area (Å²) in [5, 5.41) is 11.8. The number of aromatic nitrogens is 2. The Bertz CT molecular complexity index is 1710. The van der Waals surface area contributed by atoms with Gasteiger partial charge in [-0.2, -0.15) is 13.2 Å². The number of carbonyl (C=O) groups excluding carboxylic acids is 1. The number of β-amino-alcohol motifs (C(OH)–C–C–N with tert-alkyl or cyclic N) is 1. The maximum Gasteiger partial charge on any atom is 0.422 e. The van der Waals surface area contributed by atoms with Crippen LogP contribution in [0.2, 0.25) is 0 Å². The van der Waals surface area contributed by atoms with E-state index in [1.54, 1.807) is 59.0 Å². The number of piperidine rings is 1. The number of hydrogen-bond donors (Lipinski definition) is 1. The van der Waals surface area contributed by atoms with Crippen molar-refractivity contribution in [2.24, 2.45) is 0 Å². The van der Waals surface area contributed by atoms with Crippen LogP contribution in [0, 0.1) is 6.57 Å². The minimum absolute atomic E-state index is 0.0908. The Morgan fingerprint density at radius 1 is 1.11 bits per heavy atom.